The number of benzene rings is 2. The van der Waals surface area contributed by atoms with Crippen molar-refractivity contribution in [3.05, 3.63) is 135 Å². The summed E-state index contributed by atoms with van der Waals surface area (Å²) in [4.78, 5) is 84.8. The van der Waals surface area contributed by atoms with E-state index >= 15 is 0 Å². The molecule has 6 aromatic rings. The van der Waals surface area contributed by atoms with Crippen LogP contribution in [0.4, 0.5) is 5.69 Å². The molecule has 1 saturated carbocycles. The second-order valence-electron chi connectivity index (χ2n) is 20.7. The van der Waals surface area contributed by atoms with Crippen LogP contribution in [0.15, 0.2) is 101 Å². The molecule has 4 amide bonds. The number of likely N-dealkylation sites (tertiary alicyclic amines) is 1. The van der Waals surface area contributed by atoms with Gasteiger partial charge in [0.25, 0.3) is 27.4 Å². The van der Waals surface area contributed by atoms with Gasteiger partial charge >= 0.3 is 0 Å². The lowest BCUT2D eigenvalue weighted by atomic mass is 9.83. The number of hydrogen-bond donors (Lipinski definition) is 5. The van der Waals surface area contributed by atoms with E-state index in [2.05, 4.69) is 50.5 Å². The first-order valence-corrected chi connectivity index (χ1v) is 29.3. The van der Waals surface area contributed by atoms with Gasteiger partial charge in [0.2, 0.25) is 11.8 Å². The summed E-state index contributed by atoms with van der Waals surface area (Å²) in [5.41, 5.74) is 6.14. The van der Waals surface area contributed by atoms with E-state index < -0.39 is 22.0 Å². The number of carbonyl (C=O) groups excluding carboxylic acids is 4. The fraction of sp³-hybridized carbons (Fsp3) is 0.448. The monoisotopic (exact) mass is 1110 g/mol. The number of hydrogen-bond acceptors (Lipinski definition) is 15. The van der Waals surface area contributed by atoms with E-state index in [-0.39, 0.29) is 65.3 Å². The average molecular weight is 1110 g/mol. The molecule has 22 heteroatoms. The van der Waals surface area contributed by atoms with Gasteiger partial charge in [-0.15, -0.1) is 0 Å². The summed E-state index contributed by atoms with van der Waals surface area (Å²) < 4.78 is 41.3. The number of methoxy groups -OCH3 is 1. The molecule has 424 valence electrons. The number of sulfonamides is 1. The molecular formula is C58H72N12O9S. The normalized spacial score (nSPS) is 16.7. The fourth-order valence-electron chi connectivity index (χ4n) is 10.9. The number of aromatic amines is 1. The van der Waals surface area contributed by atoms with Crippen LogP contribution in [0.3, 0.4) is 0 Å². The van der Waals surface area contributed by atoms with Gasteiger partial charge in [-0.1, -0.05) is 44.4 Å². The topological polar surface area (TPSA) is 255 Å². The molecule has 9 rings (SSSR count). The number of carbonyl (C=O) groups is 4. The smallest absolute Gasteiger partial charge is 0.283 e. The Morgan fingerprint density at radius 3 is 2.44 bits per heavy atom. The fourth-order valence-corrected chi connectivity index (χ4v) is 11.8. The Morgan fingerprint density at radius 2 is 1.68 bits per heavy atom. The van der Waals surface area contributed by atoms with Gasteiger partial charge in [-0.3, -0.25) is 38.5 Å². The van der Waals surface area contributed by atoms with Crippen molar-refractivity contribution < 1.29 is 37.1 Å². The number of piperazine rings is 1. The SMILES string of the molecule is CCOc1cc(OC)ccc1CNCC(=O)N1CCC[C@H](c2cccc(C(=O)N[C@@H](C(=O)NCCn3cc(S(=O)(=O)NC(=O)c4ccc(N5CCN(Cc6cnc7cc(CC)c(=O)[nH]c7c6)CC5)cn4)cn3)C3CCCCC3)c2)C1. The Bertz CT molecular complexity index is 3320. The number of aryl methyl sites for hydroxylation is 1. The Labute approximate surface area is 466 Å². The maximum Gasteiger partial charge on any atom is 0.283 e. The van der Waals surface area contributed by atoms with Gasteiger partial charge in [0.15, 0.2) is 0 Å². The second kappa shape index (κ2) is 26.5. The van der Waals surface area contributed by atoms with Gasteiger partial charge in [-0.2, -0.15) is 5.10 Å². The first-order chi connectivity index (χ1) is 38.8. The van der Waals surface area contributed by atoms with Crippen LogP contribution >= 0.6 is 0 Å². The molecule has 2 saturated heterocycles. The Kier molecular flexibility index (Phi) is 18.9. The molecule has 3 fully saturated rings. The lowest BCUT2D eigenvalue weighted by Crippen LogP contribution is -2.51. The Hall–Kier alpha value is -7.69. The van der Waals surface area contributed by atoms with Crippen molar-refractivity contribution in [3.8, 4) is 11.5 Å². The van der Waals surface area contributed by atoms with Crippen molar-refractivity contribution >= 4 is 50.4 Å². The van der Waals surface area contributed by atoms with Gasteiger partial charge < -0.3 is 40.2 Å². The predicted octanol–water partition coefficient (Wildman–Crippen LogP) is 4.92. The zero-order chi connectivity index (χ0) is 56.2. The molecule has 0 radical (unpaired) electrons. The van der Waals surface area contributed by atoms with Gasteiger partial charge in [0.05, 0.1) is 55.9 Å². The van der Waals surface area contributed by atoms with Crippen molar-refractivity contribution in [2.75, 3.05) is 71.0 Å². The maximum atomic E-state index is 14.0. The van der Waals surface area contributed by atoms with E-state index in [1.165, 1.54) is 16.9 Å². The molecule has 0 unspecified atom stereocenters. The van der Waals surface area contributed by atoms with E-state index in [9.17, 15) is 32.4 Å². The summed E-state index contributed by atoms with van der Waals surface area (Å²) in [6, 6.07) is 19.3. The van der Waals surface area contributed by atoms with Crippen LogP contribution < -0.4 is 40.6 Å². The third kappa shape index (κ3) is 14.4. The summed E-state index contributed by atoms with van der Waals surface area (Å²) in [6.07, 6.45) is 12.7. The van der Waals surface area contributed by atoms with Crippen molar-refractivity contribution in [2.24, 2.45) is 5.92 Å². The third-order valence-corrected chi connectivity index (χ3v) is 16.7. The van der Waals surface area contributed by atoms with Crippen LogP contribution in [-0.2, 0) is 45.7 Å². The predicted molar refractivity (Wildman–Crippen MR) is 302 cm³/mol. The van der Waals surface area contributed by atoms with Crippen LogP contribution in [0.2, 0.25) is 0 Å². The molecular weight excluding hydrogens is 1040 g/mol. The highest BCUT2D eigenvalue weighted by molar-refractivity contribution is 7.90. The summed E-state index contributed by atoms with van der Waals surface area (Å²) in [6.45, 7) is 9.99. The molecule has 5 N–H and O–H groups in total. The van der Waals surface area contributed by atoms with Gasteiger partial charge in [-0.05, 0) is 98.5 Å². The van der Waals surface area contributed by atoms with Crippen LogP contribution in [0.1, 0.15) is 108 Å². The number of nitrogens with one attached hydrogen (secondary N) is 5. The van der Waals surface area contributed by atoms with Crippen molar-refractivity contribution in [2.45, 2.75) is 102 Å². The number of nitrogens with zero attached hydrogens (tertiary/aromatic N) is 7. The molecule has 2 aromatic carbocycles. The molecule has 2 atom stereocenters. The summed E-state index contributed by atoms with van der Waals surface area (Å²) in [5.74, 6) is -0.227. The summed E-state index contributed by atoms with van der Waals surface area (Å²) >= 11 is 0. The van der Waals surface area contributed by atoms with Crippen LogP contribution in [-0.4, -0.2) is 139 Å². The summed E-state index contributed by atoms with van der Waals surface area (Å²) in [7, 11) is -2.72. The number of amides is 4. The molecule has 80 heavy (non-hydrogen) atoms. The molecule has 1 aliphatic carbocycles. The summed E-state index contributed by atoms with van der Waals surface area (Å²) in [5, 5.41) is 13.5. The molecule has 0 bridgehead atoms. The van der Waals surface area contributed by atoms with E-state index in [0.29, 0.717) is 80.4 Å². The van der Waals surface area contributed by atoms with Crippen molar-refractivity contribution in [1.82, 2.24) is 55.2 Å². The van der Waals surface area contributed by atoms with E-state index in [1.807, 2.05) is 73.5 Å². The number of pyridine rings is 3. The van der Waals surface area contributed by atoms with E-state index in [0.717, 1.165) is 92.1 Å². The second-order valence-corrected chi connectivity index (χ2v) is 22.4. The quantitative estimate of drug-likeness (QED) is 0.0605. The lowest BCUT2D eigenvalue weighted by molar-refractivity contribution is -0.131. The van der Waals surface area contributed by atoms with E-state index in [4.69, 9.17) is 9.47 Å². The zero-order valence-electron chi connectivity index (χ0n) is 45.7. The highest BCUT2D eigenvalue weighted by Crippen LogP contribution is 2.30. The number of rotatable bonds is 22. The minimum Gasteiger partial charge on any atom is -0.497 e. The highest BCUT2D eigenvalue weighted by Gasteiger charge is 2.32. The molecule has 21 nitrogen and oxygen atoms in total. The third-order valence-electron chi connectivity index (χ3n) is 15.4. The first kappa shape index (κ1) is 57.0. The van der Waals surface area contributed by atoms with Gasteiger partial charge in [-0.25, -0.2) is 18.1 Å². The van der Waals surface area contributed by atoms with Crippen molar-refractivity contribution in [3.63, 3.8) is 0 Å². The minimum atomic E-state index is -4.33. The number of piperidine rings is 1. The van der Waals surface area contributed by atoms with E-state index in [1.54, 1.807) is 25.4 Å². The van der Waals surface area contributed by atoms with Gasteiger partial charge in [0, 0.05) is 100.0 Å². The molecule has 3 aliphatic rings. The number of anilines is 1. The number of H-pyrrole nitrogens is 1. The molecule has 0 spiro atoms. The van der Waals surface area contributed by atoms with Gasteiger partial charge in [0.1, 0.15) is 28.1 Å². The molecule has 6 heterocycles. The Morgan fingerprint density at radius 1 is 0.850 bits per heavy atom. The number of ether oxygens (including phenoxy) is 2. The lowest BCUT2D eigenvalue weighted by Gasteiger charge is -2.36. The molecule has 4 aromatic heterocycles. The minimum absolute atomic E-state index is 0.00255. The van der Waals surface area contributed by atoms with Crippen LogP contribution in [0.5, 0.6) is 11.5 Å². The van der Waals surface area contributed by atoms with Crippen molar-refractivity contribution in [1.29, 1.82) is 0 Å². The van der Waals surface area contributed by atoms with Crippen LogP contribution in [0, 0.1) is 5.92 Å². The first-order valence-electron chi connectivity index (χ1n) is 27.8. The average Bonchev–Trinajstić information content (AvgIpc) is 3.99. The zero-order valence-corrected chi connectivity index (χ0v) is 46.6. The number of aromatic nitrogens is 5. The standard InChI is InChI=1S/C58H72N12O9S/c1-4-40-29-50-51(64-55(40)72)27-39(31-61-50)36-67-23-25-68(26-24-67)46-17-19-49(62-33-46)57(74)66-80(76,77)48-34-63-70(38-48)22-20-60-58(75)54(41-11-7-6-8-12-41)65-56(73)43-14-9-13-42(28-43)45-15-10-21-69(37-45)53(71)35-59-32-44-16-18-47(78-3)30-52(44)79-5-2/h9,13-14,16-19,27-31,33-34,38,41,45,54,59H,4-8,10-12,15,20-26,32,35-37H2,1-3H3,(H,60,75)(H,64,72)(H,65,73)(H,66,74)/t45-,54+/m0/s1. The molecule has 2 aliphatic heterocycles. The largest absolute Gasteiger partial charge is 0.497 e. The Balaban J connectivity index is 0.731. The van der Waals surface area contributed by atoms with Crippen LogP contribution in [0.25, 0.3) is 11.0 Å². The maximum absolute atomic E-state index is 14.0. The highest BCUT2D eigenvalue weighted by atomic mass is 32.2. The number of fused-ring (bicyclic) bond motifs is 1.